The lowest BCUT2D eigenvalue weighted by Gasteiger charge is -2.21. The summed E-state index contributed by atoms with van der Waals surface area (Å²) in [6.07, 6.45) is 4.83. The number of carboxylic acid groups (broad SMARTS) is 1. The van der Waals surface area contributed by atoms with Crippen molar-refractivity contribution < 1.29 is 24.2 Å². The number of carbonyl (C=O) groups is 2. The minimum atomic E-state index is -1.17. The minimum absolute atomic E-state index is 0.0946. The van der Waals surface area contributed by atoms with E-state index in [4.69, 9.17) is 9.47 Å². The van der Waals surface area contributed by atoms with E-state index in [0.717, 1.165) is 22.9 Å². The molecule has 1 saturated carbocycles. The molecule has 1 amide bonds. The second-order valence-corrected chi connectivity index (χ2v) is 7.92. The van der Waals surface area contributed by atoms with E-state index in [1.165, 1.54) is 37.7 Å². The van der Waals surface area contributed by atoms with Gasteiger partial charge in [0, 0.05) is 23.7 Å². The van der Waals surface area contributed by atoms with Crippen molar-refractivity contribution in [2.75, 3.05) is 20.3 Å². The number of amides is 1. The van der Waals surface area contributed by atoms with Crippen LogP contribution in [0.5, 0.6) is 5.75 Å². The number of methoxy groups -OCH3 is 1. The molecule has 7 heteroatoms. The number of ether oxygens (including phenoxy) is 2. The fourth-order valence-electron chi connectivity index (χ4n) is 3.45. The molecule has 0 aliphatic heterocycles. The summed E-state index contributed by atoms with van der Waals surface area (Å²) >= 11 is 1.32. The van der Waals surface area contributed by atoms with Crippen LogP contribution in [0.1, 0.15) is 41.8 Å². The molecule has 3 rings (SSSR count). The normalized spacial score (nSPS) is 16.2. The number of hydrogen-bond donors (Lipinski definition) is 2. The van der Waals surface area contributed by atoms with Crippen LogP contribution in [0, 0.1) is 5.92 Å². The second-order valence-electron chi connectivity index (χ2n) is 6.87. The van der Waals surface area contributed by atoms with Crippen molar-refractivity contribution in [2.45, 2.75) is 38.2 Å². The maximum atomic E-state index is 12.8. The van der Waals surface area contributed by atoms with Gasteiger partial charge < -0.3 is 19.9 Å². The highest BCUT2D eigenvalue weighted by Gasteiger charge is 2.26. The molecule has 0 spiro atoms. The molecule has 1 heterocycles. The van der Waals surface area contributed by atoms with Gasteiger partial charge in [-0.2, -0.15) is 0 Å². The Morgan fingerprint density at radius 3 is 2.70 bits per heavy atom. The van der Waals surface area contributed by atoms with Crippen LogP contribution in [-0.4, -0.2) is 43.3 Å². The molecular weight excluding hydrogens is 366 g/mol. The highest BCUT2D eigenvalue weighted by Crippen LogP contribution is 2.38. The van der Waals surface area contributed by atoms with E-state index in [1.54, 1.807) is 0 Å². The topological polar surface area (TPSA) is 84.9 Å². The molecule has 1 unspecified atom stereocenters. The number of nitrogens with one attached hydrogen (secondary N) is 1. The highest BCUT2D eigenvalue weighted by atomic mass is 32.1. The van der Waals surface area contributed by atoms with Crippen LogP contribution in [-0.2, 0) is 9.53 Å². The summed E-state index contributed by atoms with van der Waals surface area (Å²) in [5.74, 6) is -0.498. The number of rotatable bonds is 8. The number of benzene rings is 1. The summed E-state index contributed by atoms with van der Waals surface area (Å²) in [7, 11) is 1.42. The number of thiophene rings is 1. The Morgan fingerprint density at radius 1 is 1.26 bits per heavy atom. The van der Waals surface area contributed by atoms with E-state index in [9.17, 15) is 14.7 Å². The van der Waals surface area contributed by atoms with Gasteiger partial charge in [0.1, 0.15) is 4.88 Å². The zero-order chi connectivity index (χ0) is 19.2. The Kier molecular flexibility index (Phi) is 6.68. The Balaban J connectivity index is 1.82. The first kappa shape index (κ1) is 19.6. The van der Waals surface area contributed by atoms with Gasteiger partial charge in [-0.05, 0) is 30.9 Å². The fraction of sp³-hybridized carbons (Fsp3) is 0.500. The molecule has 1 fully saturated rings. The molecule has 1 aromatic heterocycles. The Hall–Kier alpha value is -2.12. The number of hydrogen-bond acceptors (Lipinski definition) is 5. The zero-order valence-electron chi connectivity index (χ0n) is 15.4. The SMILES string of the molecule is COCC(Oc1c(C(=O)NCC2CCCCC2)sc2ccccc12)C(=O)O. The van der Waals surface area contributed by atoms with E-state index >= 15 is 0 Å². The van der Waals surface area contributed by atoms with Gasteiger partial charge >= 0.3 is 5.97 Å². The van der Waals surface area contributed by atoms with Crippen LogP contribution in [0.3, 0.4) is 0 Å². The summed E-state index contributed by atoms with van der Waals surface area (Å²) in [5.41, 5.74) is 0. The van der Waals surface area contributed by atoms with Crippen LogP contribution in [0.15, 0.2) is 24.3 Å². The molecule has 2 aromatic rings. The standard InChI is InChI=1S/C20H25NO5S/c1-25-12-15(20(23)24)26-17-14-9-5-6-10-16(14)27-18(17)19(22)21-11-13-7-3-2-4-8-13/h5-6,9-10,13,15H,2-4,7-8,11-12H2,1H3,(H,21,22)(H,23,24). The van der Waals surface area contributed by atoms with Gasteiger partial charge in [0.05, 0.1) is 6.61 Å². The summed E-state index contributed by atoms with van der Waals surface area (Å²) < 4.78 is 11.6. The third-order valence-electron chi connectivity index (χ3n) is 4.89. The molecule has 1 aliphatic carbocycles. The van der Waals surface area contributed by atoms with Crippen molar-refractivity contribution in [3.8, 4) is 5.75 Å². The molecule has 0 bridgehead atoms. The van der Waals surface area contributed by atoms with Gasteiger partial charge in [0.15, 0.2) is 5.75 Å². The third-order valence-corrected chi connectivity index (χ3v) is 6.04. The summed E-state index contributed by atoms with van der Waals surface area (Å²) in [4.78, 5) is 24.7. The minimum Gasteiger partial charge on any atom is -0.478 e. The predicted octanol–water partition coefficient (Wildman–Crippen LogP) is 3.69. The summed E-state index contributed by atoms with van der Waals surface area (Å²) in [6, 6.07) is 7.47. The van der Waals surface area contributed by atoms with Crippen molar-refractivity contribution >= 4 is 33.3 Å². The number of aliphatic carboxylic acids is 1. The summed E-state index contributed by atoms with van der Waals surface area (Å²) in [6.45, 7) is 0.551. The smallest absolute Gasteiger partial charge is 0.347 e. The van der Waals surface area contributed by atoms with Crippen molar-refractivity contribution in [1.29, 1.82) is 0 Å². The first-order valence-electron chi connectivity index (χ1n) is 9.28. The molecule has 27 heavy (non-hydrogen) atoms. The lowest BCUT2D eigenvalue weighted by Crippen LogP contribution is -2.33. The number of carbonyl (C=O) groups excluding carboxylic acids is 1. The van der Waals surface area contributed by atoms with Crippen molar-refractivity contribution in [3.05, 3.63) is 29.1 Å². The fourth-order valence-corrected chi connectivity index (χ4v) is 4.50. The van der Waals surface area contributed by atoms with Crippen LogP contribution in [0.4, 0.5) is 0 Å². The van der Waals surface area contributed by atoms with E-state index in [1.807, 2.05) is 24.3 Å². The second kappa shape index (κ2) is 9.19. The molecule has 146 valence electrons. The van der Waals surface area contributed by atoms with Crippen LogP contribution < -0.4 is 10.1 Å². The highest BCUT2D eigenvalue weighted by molar-refractivity contribution is 7.21. The Bertz CT molecular complexity index is 797. The van der Waals surface area contributed by atoms with E-state index in [-0.39, 0.29) is 12.5 Å². The molecule has 2 N–H and O–H groups in total. The van der Waals surface area contributed by atoms with Crippen molar-refractivity contribution in [3.63, 3.8) is 0 Å². The third kappa shape index (κ3) is 4.78. The monoisotopic (exact) mass is 391 g/mol. The molecule has 6 nitrogen and oxygen atoms in total. The molecule has 1 aliphatic rings. The molecular formula is C20H25NO5S. The maximum absolute atomic E-state index is 12.8. The zero-order valence-corrected chi connectivity index (χ0v) is 16.2. The van der Waals surface area contributed by atoms with Gasteiger partial charge in [0.2, 0.25) is 6.10 Å². The van der Waals surface area contributed by atoms with E-state index < -0.39 is 12.1 Å². The van der Waals surface area contributed by atoms with Crippen molar-refractivity contribution in [2.24, 2.45) is 5.92 Å². The Labute approximate surface area is 162 Å². The van der Waals surface area contributed by atoms with Gasteiger partial charge in [-0.15, -0.1) is 11.3 Å². The van der Waals surface area contributed by atoms with Gasteiger partial charge in [-0.3, -0.25) is 4.79 Å². The van der Waals surface area contributed by atoms with Crippen LogP contribution in [0.25, 0.3) is 10.1 Å². The average Bonchev–Trinajstić information content (AvgIpc) is 3.05. The van der Waals surface area contributed by atoms with Crippen LogP contribution >= 0.6 is 11.3 Å². The van der Waals surface area contributed by atoms with Gasteiger partial charge in [0.25, 0.3) is 5.91 Å². The number of fused-ring (bicyclic) bond motifs is 1. The number of carboxylic acids is 1. The average molecular weight is 391 g/mol. The molecule has 1 atom stereocenters. The lowest BCUT2D eigenvalue weighted by atomic mass is 9.89. The quantitative estimate of drug-likeness (QED) is 0.717. The molecule has 0 radical (unpaired) electrons. The molecule has 1 aromatic carbocycles. The van der Waals surface area contributed by atoms with Crippen LogP contribution in [0.2, 0.25) is 0 Å². The lowest BCUT2D eigenvalue weighted by molar-refractivity contribution is -0.147. The summed E-state index contributed by atoms with van der Waals surface area (Å²) in [5, 5.41) is 13.1. The van der Waals surface area contributed by atoms with Gasteiger partial charge in [-0.25, -0.2) is 4.79 Å². The Morgan fingerprint density at radius 2 is 2.00 bits per heavy atom. The van der Waals surface area contributed by atoms with E-state index in [2.05, 4.69) is 5.32 Å². The maximum Gasteiger partial charge on any atom is 0.347 e. The predicted molar refractivity (Wildman–Crippen MR) is 105 cm³/mol. The van der Waals surface area contributed by atoms with Crippen molar-refractivity contribution in [1.82, 2.24) is 5.32 Å². The largest absolute Gasteiger partial charge is 0.478 e. The van der Waals surface area contributed by atoms with Gasteiger partial charge in [-0.1, -0.05) is 31.4 Å². The first-order valence-corrected chi connectivity index (χ1v) is 10.1. The van der Waals surface area contributed by atoms with E-state index in [0.29, 0.717) is 23.1 Å². The molecule has 0 saturated heterocycles. The first-order chi connectivity index (χ1) is 13.1.